The van der Waals surface area contributed by atoms with Gasteiger partial charge in [-0.05, 0) is 67.5 Å². The van der Waals surface area contributed by atoms with E-state index < -0.39 is 6.10 Å². The van der Waals surface area contributed by atoms with E-state index in [-0.39, 0.29) is 11.8 Å². The zero-order valence-electron chi connectivity index (χ0n) is 18.2. The van der Waals surface area contributed by atoms with Crippen LogP contribution in [0.15, 0.2) is 72.8 Å². The Morgan fingerprint density at radius 2 is 1.55 bits per heavy atom. The van der Waals surface area contributed by atoms with Crippen LogP contribution < -0.4 is 5.32 Å². The van der Waals surface area contributed by atoms with Gasteiger partial charge in [0.05, 0.1) is 17.4 Å². The van der Waals surface area contributed by atoms with Crippen molar-refractivity contribution in [3.63, 3.8) is 0 Å². The molecule has 1 aliphatic rings. The summed E-state index contributed by atoms with van der Waals surface area (Å²) in [5, 5.41) is 14.2. The summed E-state index contributed by atoms with van der Waals surface area (Å²) in [6.07, 6.45) is 1.12. The lowest BCUT2D eigenvalue weighted by Crippen LogP contribution is -2.40. The zero-order valence-corrected chi connectivity index (χ0v) is 18.2. The number of hydrogen-bond donors (Lipinski definition) is 2. The molecular weight excluding hydrogens is 384 g/mol. The van der Waals surface area contributed by atoms with Crippen LogP contribution in [0.25, 0.3) is 0 Å². The van der Waals surface area contributed by atoms with Gasteiger partial charge in [0.25, 0.3) is 5.91 Å². The van der Waals surface area contributed by atoms with Gasteiger partial charge < -0.3 is 15.3 Å². The summed E-state index contributed by atoms with van der Waals surface area (Å²) in [6.45, 7) is 5.49. The summed E-state index contributed by atoms with van der Waals surface area (Å²) >= 11 is 0. The van der Waals surface area contributed by atoms with Crippen molar-refractivity contribution in [1.29, 1.82) is 0 Å². The molecule has 3 aromatic rings. The number of para-hydroxylation sites is 1. The van der Waals surface area contributed by atoms with Crippen molar-refractivity contribution in [2.45, 2.75) is 32.8 Å². The Bertz CT molecular complexity index is 1040. The van der Waals surface area contributed by atoms with Gasteiger partial charge in [-0.25, -0.2) is 0 Å². The summed E-state index contributed by atoms with van der Waals surface area (Å²) in [5.41, 5.74) is 5.88. The molecule has 0 radical (unpaired) electrons. The van der Waals surface area contributed by atoms with Crippen molar-refractivity contribution >= 4 is 17.3 Å². The van der Waals surface area contributed by atoms with Crippen LogP contribution in [0.4, 0.5) is 11.4 Å². The first-order chi connectivity index (χ1) is 15.0. The fraction of sp³-hybridized carbons (Fsp3) is 0.296. The highest BCUT2D eigenvalue weighted by atomic mass is 16.3. The molecule has 0 aliphatic carbocycles. The SMILES string of the molecule is Cc1cccc(Nc2ccccc2C(=O)N2CCC(C(O)c3ccccc3)CC2)c1C. The van der Waals surface area contributed by atoms with Gasteiger partial charge in [0.2, 0.25) is 0 Å². The third kappa shape index (κ3) is 4.64. The van der Waals surface area contributed by atoms with Gasteiger partial charge in [-0.15, -0.1) is 0 Å². The molecule has 1 heterocycles. The summed E-state index contributed by atoms with van der Waals surface area (Å²) in [6, 6.07) is 23.7. The third-order valence-corrected chi connectivity index (χ3v) is 6.45. The fourth-order valence-electron chi connectivity index (χ4n) is 4.32. The molecule has 160 valence electrons. The number of aryl methyl sites for hydroxylation is 1. The lowest BCUT2D eigenvalue weighted by molar-refractivity contribution is 0.0463. The van der Waals surface area contributed by atoms with Crippen LogP contribution in [0.3, 0.4) is 0 Å². The lowest BCUT2D eigenvalue weighted by Gasteiger charge is -2.34. The molecule has 1 fully saturated rings. The monoisotopic (exact) mass is 414 g/mol. The maximum absolute atomic E-state index is 13.3. The Hall–Kier alpha value is -3.11. The van der Waals surface area contributed by atoms with E-state index in [2.05, 4.69) is 25.2 Å². The van der Waals surface area contributed by atoms with Crippen molar-refractivity contribution in [3.8, 4) is 0 Å². The Morgan fingerprint density at radius 1 is 0.903 bits per heavy atom. The van der Waals surface area contributed by atoms with Crippen LogP contribution in [0, 0.1) is 19.8 Å². The molecule has 2 N–H and O–H groups in total. The molecule has 0 spiro atoms. The molecule has 4 nitrogen and oxygen atoms in total. The summed E-state index contributed by atoms with van der Waals surface area (Å²) < 4.78 is 0. The second kappa shape index (κ2) is 9.36. The van der Waals surface area contributed by atoms with Crippen molar-refractivity contribution in [2.24, 2.45) is 5.92 Å². The maximum atomic E-state index is 13.3. The van der Waals surface area contributed by atoms with E-state index in [0.717, 1.165) is 29.8 Å². The first-order valence-corrected chi connectivity index (χ1v) is 11.0. The molecule has 0 saturated carbocycles. The minimum Gasteiger partial charge on any atom is -0.388 e. The molecule has 1 atom stereocenters. The minimum atomic E-state index is -0.475. The van der Waals surface area contributed by atoms with Crippen molar-refractivity contribution in [3.05, 3.63) is 95.1 Å². The molecule has 31 heavy (non-hydrogen) atoms. The van der Waals surface area contributed by atoms with E-state index in [1.165, 1.54) is 11.1 Å². The Balaban J connectivity index is 1.45. The van der Waals surface area contributed by atoms with Gasteiger partial charge in [0.1, 0.15) is 0 Å². The second-order valence-electron chi connectivity index (χ2n) is 8.40. The summed E-state index contributed by atoms with van der Waals surface area (Å²) in [5.74, 6) is 0.218. The first-order valence-electron chi connectivity index (χ1n) is 11.0. The number of piperidine rings is 1. The minimum absolute atomic E-state index is 0.0426. The number of anilines is 2. The molecule has 0 aromatic heterocycles. The quantitative estimate of drug-likeness (QED) is 0.569. The molecule has 4 heteroatoms. The second-order valence-corrected chi connectivity index (χ2v) is 8.40. The molecule has 0 bridgehead atoms. The molecule has 4 rings (SSSR count). The highest BCUT2D eigenvalue weighted by Crippen LogP contribution is 2.32. The van der Waals surface area contributed by atoms with E-state index in [4.69, 9.17) is 0 Å². The summed E-state index contributed by atoms with van der Waals surface area (Å²) in [4.78, 5) is 15.2. The van der Waals surface area contributed by atoms with Gasteiger partial charge in [-0.3, -0.25) is 4.79 Å². The molecular formula is C27H30N2O2. The average molecular weight is 415 g/mol. The van der Waals surface area contributed by atoms with Crippen molar-refractivity contribution < 1.29 is 9.90 Å². The number of aliphatic hydroxyl groups is 1. The fourth-order valence-corrected chi connectivity index (χ4v) is 4.32. The van der Waals surface area contributed by atoms with Crippen LogP contribution in [-0.2, 0) is 0 Å². The Morgan fingerprint density at radius 3 is 2.29 bits per heavy atom. The van der Waals surface area contributed by atoms with Crippen molar-refractivity contribution in [1.82, 2.24) is 4.90 Å². The summed E-state index contributed by atoms with van der Waals surface area (Å²) in [7, 11) is 0. The van der Waals surface area contributed by atoms with Crippen LogP contribution in [0.1, 0.15) is 46.0 Å². The van der Waals surface area contributed by atoms with Gasteiger partial charge in [0, 0.05) is 18.8 Å². The topological polar surface area (TPSA) is 52.6 Å². The number of likely N-dealkylation sites (tertiary alicyclic amines) is 1. The number of rotatable bonds is 5. The van der Waals surface area contributed by atoms with Gasteiger partial charge in [-0.1, -0.05) is 54.6 Å². The van der Waals surface area contributed by atoms with E-state index in [0.29, 0.717) is 18.7 Å². The number of aliphatic hydroxyl groups excluding tert-OH is 1. The Labute approximate surface area is 184 Å². The number of benzene rings is 3. The average Bonchev–Trinajstić information content (AvgIpc) is 2.82. The first kappa shape index (κ1) is 21.1. The largest absolute Gasteiger partial charge is 0.388 e. The third-order valence-electron chi connectivity index (χ3n) is 6.45. The number of nitrogens with one attached hydrogen (secondary N) is 1. The highest BCUT2D eigenvalue weighted by Gasteiger charge is 2.29. The predicted octanol–water partition coefficient (Wildman–Crippen LogP) is 5.63. The number of carbonyl (C=O) groups is 1. The predicted molar refractivity (Wildman–Crippen MR) is 126 cm³/mol. The normalized spacial score (nSPS) is 15.5. The smallest absolute Gasteiger partial charge is 0.255 e. The number of amides is 1. The number of hydrogen-bond acceptors (Lipinski definition) is 3. The molecule has 1 amide bonds. The van der Waals surface area contributed by atoms with Crippen LogP contribution in [-0.4, -0.2) is 29.0 Å². The van der Waals surface area contributed by atoms with Gasteiger partial charge in [-0.2, -0.15) is 0 Å². The molecule has 1 aliphatic heterocycles. The van der Waals surface area contributed by atoms with E-state index in [1.807, 2.05) is 71.6 Å². The molecule has 1 unspecified atom stereocenters. The van der Waals surface area contributed by atoms with Gasteiger partial charge >= 0.3 is 0 Å². The van der Waals surface area contributed by atoms with E-state index in [1.54, 1.807) is 0 Å². The Kier molecular flexibility index (Phi) is 6.38. The van der Waals surface area contributed by atoms with Crippen LogP contribution >= 0.6 is 0 Å². The highest BCUT2D eigenvalue weighted by molar-refractivity contribution is 6.00. The standard InChI is InChI=1S/C27H30N2O2/c1-19-9-8-14-24(20(19)2)28-25-13-7-6-12-23(25)27(31)29-17-15-22(16-18-29)26(30)21-10-4-3-5-11-21/h3-14,22,26,28,30H,15-18H2,1-2H3. The van der Waals surface area contributed by atoms with Gasteiger partial charge in [0.15, 0.2) is 0 Å². The zero-order chi connectivity index (χ0) is 21.8. The van der Waals surface area contributed by atoms with Crippen LogP contribution in [0.5, 0.6) is 0 Å². The number of carbonyl (C=O) groups excluding carboxylic acids is 1. The van der Waals surface area contributed by atoms with E-state index >= 15 is 0 Å². The molecule has 1 saturated heterocycles. The maximum Gasteiger partial charge on any atom is 0.255 e. The van der Waals surface area contributed by atoms with E-state index in [9.17, 15) is 9.90 Å². The lowest BCUT2D eigenvalue weighted by atomic mass is 9.87. The molecule has 3 aromatic carbocycles. The van der Waals surface area contributed by atoms with Crippen LogP contribution in [0.2, 0.25) is 0 Å². The van der Waals surface area contributed by atoms with Crippen molar-refractivity contribution in [2.75, 3.05) is 18.4 Å². The number of nitrogens with zero attached hydrogens (tertiary/aromatic N) is 1.